The van der Waals surface area contributed by atoms with Crippen LogP contribution < -0.4 is 5.32 Å². The predicted octanol–water partition coefficient (Wildman–Crippen LogP) is 4.15. The van der Waals surface area contributed by atoms with Gasteiger partial charge < -0.3 is 5.32 Å². The molecule has 1 unspecified atom stereocenters. The van der Waals surface area contributed by atoms with Gasteiger partial charge in [0.2, 0.25) is 5.91 Å². The van der Waals surface area contributed by atoms with Crippen LogP contribution in [0, 0.1) is 11.3 Å². The molecule has 8 heteroatoms. The van der Waals surface area contributed by atoms with E-state index < -0.39 is 10.8 Å². The van der Waals surface area contributed by atoms with E-state index in [1.807, 2.05) is 54.0 Å². The molecule has 31 heavy (non-hydrogen) atoms. The average molecular weight is 433 g/mol. The van der Waals surface area contributed by atoms with E-state index in [9.17, 15) is 10.1 Å². The predicted molar refractivity (Wildman–Crippen MR) is 119 cm³/mol. The smallest absolute Gasteiger partial charge is 0.234 e. The number of carbonyl (C=O) groups is 1. The summed E-state index contributed by atoms with van der Waals surface area (Å²) < 4.78 is 1.95. The summed E-state index contributed by atoms with van der Waals surface area (Å²) in [4.78, 5) is 17.0. The van der Waals surface area contributed by atoms with Crippen LogP contribution in [-0.2, 0) is 4.79 Å². The number of para-hydroxylation sites is 1. The van der Waals surface area contributed by atoms with Crippen LogP contribution in [0.4, 0.5) is 0 Å². The lowest BCUT2D eigenvalue weighted by molar-refractivity contribution is -0.121. The fourth-order valence-corrected chi connectivity index (χ4v) is 4.68. The van der Waals surface area contributed by atoms with Crippen molar-refractivity contribution in [3.8, 4) is 23.1 Å². The molecule has 1 amide bonds. The number of hydrogen-bond acceptors (Lipinski definition) is 6. The molecule has 0 radical (unpaired) electrons. The lowest BCUT2D eigenvalue weighted by atomic mass is 9.83. The fourth-order valence-electron chi connectivity index (χ4n) is 3.81. The van der Waals surface area contributed by atoms with Crippen LogP contribution in [0.1, 0.15) is 39.0 Å². The Hall–Kier alpha value is -3.18. The molecule has 7 nitrogen and oxygen atoms in total. The maximum atomic E-state index is 13.0. The quantitative estimate of drug-likeness (QED) is 0.588. The third kappa shape index (κ3) is 4.62. The molecule has 2 heterocycles. The van der Waals surface area contributed by atoms with Crippen molar-refractivity contribution in [2.75, 3.05) is 0 Å². The Morgan fingerprint density at radius 2 is 1.84 bits per heavy atom. The summed E-state index contributed by atoms with van der Waals surface area (Å²) in [5.74, 6) is 0.533. The summed E-state index contributed by atoms with van der Waals surface area (Å²) in [6, 6.07) is 15.9. The minimum atomic E-state index is -0.751. The van der Waals surface area contributed by atoms with Gasteiger partial charge in [0.05, 0.1) is 11.3 Å². The Balaban J connectivity index is 1.60. The molecule has 1 aromatic carbocycles. The zero-order chi connectivity index (χ0) is 21.7. The second kappa shape index (κ2) is 9.31. The van der Waals surface area contributed by atoms with E-state index in [0.29, 0.717) is 23.8 Å². The number of nitriles is 1. The maximum absolute atomic E-state index is 13.0. The lowest BCUT2D eigenvalue weighted by Gasteiger charge is -2.32. The Labute approximate surface area is 185 Å². The van der Waals surface area contributed by atoms with Crippen molar-refractivity contribution in [1.82, 2.24) is 25.1 Å². The molecule has 1 fully saturated rings. The number of pyridine rings is 1. The van der Waals surface area contributed by atoms with Gasteiger partial charge in [0.15, 0.2) is 11.0 Å². The fraction of sp³-hybridized carbons (Fsp3) is 0.348. The van der Waals surface area contributed by atoms with E-state index in [0.717, 1.165) is 30.5 Å². The van der Waals surface area contributed by atoms with Crippen LogP contribution in [0.2, 0.25) is 0 Å². The van der Waals surface area contributed by atoms with Gasteiger partial charge in [-0.15, -0.1) is 10.2 Å². The number of nitrogens with one attached hydrogen (secondary N) is 1. The summed E-state index contributed by atoms with van der Waals surface area (Å²) in [6.07, 6.45) is 7.89. The molecule has 1 atom stereocenters. The monoisotopic (exact) mass is 432 g/mol. The van der Waals surface area contributed by atoms with E-state index in [-0.39, 0.29) is 5.91 Å². The first kappa shape index (κ1) is 21.1. The van der Waals surface area contributed by atoms with Crippen LogP contribution in [0.15, 0.2) is 60.0 Å². The highest BCUT2D eigenvalue weighted by molar-refractivity contribution is 8.00. The second-order valence-electron chi connectivity index (χ2n) is 7.72. The summed E-state index contributed by atoms with van der Waals surface area (Å²) in [7, 11) is 0. The third-order valence-corrected chi connectivity index (χ3v) is 6.56. The largest absolute Gasteiger partial charge is 0.337 e. The Bertz CT molecular complexity index is 1070. The molecule has 158 valence electrons. The number of benzene rings is 1. The molecule has 4 rings (SSSR count). The summed E-state index contributed by atoms with van der Waals surface area (Å²) in [5, 5.41) is 21.7. The second-order valence-corrected chi connectivity index (χ2v) is 9.02. The van der Waals surface area contributed by atoms with Crippen molar-refractivity contribution < 1.29 is 4.79 Å². The molecule has 3 aromatic rings. The molecule has 1 saturated carbocycles. The summed E-state index contributed by atoms with van der Waals surface area (Å²) >= 11 is 1.34. The number of aromatic nitrogens is 4. The highest BCUT2D eigenvalue weighted by Gasteiger charge is 2.35. The highest BCUT2D eigenvalue weighted by atomic mass is 32.2. The van der Waals surface area contributed by atoms with Gasteiger partial charge in [-0.25, -0.2) is 0 Å². The lowest BCUT2D eigenvalue weighted by Crippen LogP contribution is -2.50. The van der Waals surface area contributed by atoms with E-state index in [4.69, 9.17) is 0 Å². The minimum Gasteiger partial charge on any atom is -0.337 e. The normalized spacial score (nSPS) is 16.3. The molecule has 0 spiro atoms. The zero-order valence-corrected chi connectivity index (χ0v) is 18.2. The zero-order valence-electron chi connectivity index (χ0n) is 17.4. The van der Waals surface area contributed by atoms with Crippen molar-refractivity contribution in [2.45, 2.75) is 55.0 Å². The van der Waals surface area contributed by atoms with Crippen molar-refractivity contribution in [3.05, 3.63) is 54.9 Å². The summed E-state index contributed by atoms with van der Waals surface area (Å²) in [6.45, 7) is 1.84. The average Bonchev–Trinajstić information content (AvgIpc) is 3.24. The first-order valence-corrected chi connectivity index (χ1v) is 11.3. The molecule has 1 aliphatic rings. The van der Waals surface area contributed by atoms with E-state index in [1.165, 1.54) is 11.8 Å². The van der Waals surface area contributed by atoms with Crippen molar-refractivity contribution in [2.24, 2.45) is 0 Å². The van der Waals surface area contributed by atoms with Gasteiger partial charge in [-0.3, -0.25) is 14.3 Å². The van der Waals surface area contributed by atoms with Gasteiger partial charge in [-0.2, -0.15) is 5.26 Å². The molecule has 0 aliphatic heterocycles. The van der Waals surface area contributed by atoms with Crippen LogP contribution in [0.3, 0.4) is 0 Å². The van der Waals surface area contributed by atoms with Gasteiger partial charge >= 0.3 is 0 Å². The maximum Gasteiger partial charge on any atom is 0.234 e. The van der Waals surface area contributed by atoms with Gasteiger partial charge in [-0.05, 0) is 44.0 Å². The molecule has 1 N–H and O–H groups in total. The molecule has 2 aromatic heterocycles. The molecular weight excluding hydrogens is 408 g/mol. The molecule has 0 bridgehead atoms. The van der Waals surface area contributed by atoms with Crippen LogP contribution >= 0.6 is 11.8 Å². The van der Waals surface area contributed by atoms with Crippen molar-refractivity contribution in [1.29, 1.82) is 5.26 Å². The first-order chi connectivity index (χ1) is 15.1. The third-order valence-electron chi connectivity index (χ3n) is 5.52. The molecule has 1 aliphatic carbocycles. The SMILES string of the molecule is CC(Sc1nnc(-c2ccncc2)n1-c1ccccc1)C(=O)NC1(C#N)CCCCC1. The van der Waals surface area contributed by atoms with Crippen LogP contribution in [0.5, 0.6) is 0 Å². The van der Waals surface area contributed by atoms with Gasteiger partial charge in [0, 0.05) is 23.6 Å². The molecule has 0 saturated heterocycles. The van der Waals surface area contributed by atoms with Gasteiger partial charge in [-0.1, -0.05) is 49.2 Å². The van der Waals surface area contributed by atoms with Crippen molar-refractivity contribution >= 4 is 17.7 Å². The number of rotatable bonds is 6. The van der Waals surface area contributed by atoms with E-state index >= 15 is 0 Å². The number of thioether (sulfide) groups is 1. The van der Waals surface area contributed by atoms with Crippen molar-refractivity contribution in [3.63, 3.8) is 0 Å². The Kier molecular flexibility index (Phi) is 6.33. The topological polar surface area (TPSA) is 96.5 Å². The van der Waals surface area contributed by atoms with Gasteiger partial charge in [0.25, 0.3) is 0 Å². The first-order valence-electron chi connectivity index (χ1n) is 10.4. The Morgan fingerprint density at radius 1 is 1.13 bits per heavy atom. The number of nitrogens with zero attached hydrogens (tertiary/aromatic N) is 5. The molecular formula is C23H24N6OS. The standard InChI is InChI=1S/C23H24N6OS/c1-17(21(30)26-23(16-24)12-6-3-7-13-23)31-22-28-27-20(18-10-14-25-15-11-18)29(22)19-8-4-2-5-9-19/h2,4-5,8-11,14-15,17H,3,6-7,12-13H2,1H3,(H,26,30). The number of amides is 1. The van der Waals surface area contributed by atoms with Gasteiger partial charge in [0.1, 0.15) is 5.54 Å². The number of carbonyl (C=O) groups excluding carboxylic acids is 1. The van der Waals surface area contributed by atoms with Crippen LogP contribution in [-0.4, -0.2) is 36.4 Å². The Morgan fingerprint density at radius 3 is 2.52 bits per heavy atom. The number of hydrogen-bond donors (Lipinski definition) is 1. The van der Waals surface area contributed by atoms with E-state index in [2.05, 4.69) is 26.6 Å². The minimum absolute atomic E-state index is 0.151. The van der Waals surface area contributed by atoms with E-state index in [1.54, 1.807) is 12.4 Å². The highest BCUT2D eigenvalue weighted by Crippen LogP contribution is 2.32. The summed E-state index contributed by atoms with van der Waals surface area (Å²) in [5.41, 5.74) is 1.05. The van der Waals surface area contributed by atoms with Crippen LogP contribution in [0.25, 0.3) is 17.1 Å².